The molecule has 1 aliphatic heterocycles. The molecule has 0 spiro atoms. The van der Waals surface area contributed by atoms with Gasteiger partial charge in [0.25, 0.3) is 0 Å². The molecule has 0 unspecified atom stereocenters. The summed E-state index contributed by atoms with van der Waals surface area (Å²) in [5.41, 5.74) is -1.15. The quantitative estimate of drug-likeness (QED) is 0.320. The molecule has 1 saturated heterocycles. The number of nitrogens with one attached hydrogen (secondary N) is 1. The minimum Gasteiger partial charge on any atom is -0.460 e. The molecule has 12 nitrogen and oxygen atoms in total. The number of ether oxygens (including phenoxy) is 2. The van der Waals surface area contributed by atoms with E-state index in [2.05, 4.69) is 5.32 Å². The van der Waals surface area contributed by atoms with Crippen LogP contribution in [0, 0.1) is 5.92 Å². The van der Waals surface area contributed by atoms with Gasteiger partial charge >= 0.3 is 12.1 Å². The lowest BCUT2D eigenvalue weighted by Crippen LogP contribution is -2.64. The van der Waals surface area contributed by atoms with E-state index in [1.807, 2.05) is 30.3 Å². The van der Waals surface area contributed by atoms with Crippen molar-refractivity contribution in [1.29, 1.82) is 0 Å². The molecule has 1 heterocycles. The van der Waals surface area contributed by atoms with Gasteiger partial charge in [-0.2, -0.15) is 0 Å². The molecule has 0 aromatic heterocycles. The van der Waals surface area contributed by atoms with Crippen LogP contribution in [-0.2, 0) is 40.1 Å². The maximum atomic E-state index is 14.5. The fourth-order valence-electron chi connectivity index (χ4n) is 7.63. The number of likely N-dealkylation sites (tertiary alicyclic amines) is 1. The molecular weight excluding hydrogens is 628 g/mol. The summed E-state index contributed by atoms with van der Waals surface area (Å²) in [5, 5.41) is 3.06. The van der Waals surface area contributed by atoms with Crippen LogP contribution in [0.2, 0.25) is 0 Å². The highest BCUT2D eigenvalue weighted by molar-refractivity contribution is 5.98. The van der Waals surface area contributed by atoms with Crippen LogP contribution in [0.3, 0.4) is 0 Å². The van der Waals surface area contributed by atoms with E-state index in [-0.39, 0.29) is 30.6 Å². The Morgan fingerprint density at radius 3 is 2.14 bits per heavy atom. The molecule has 12 heteroatoms. The van der Waals surface area contributed by atoms with E-state index in [0.29, 0.717) is 32.2 Å². The second-order valence-electron chi connectivity index (χ2n) is 14.9. The molecule has 4 rings (SSSR count). The zero-order valence-corrected chi connectivity index (χ0v) is 30.0. The van der Waals surface area contributed by atoms with Gasteiger partial charge in [-0.15, -0.1) is 0 Å². The Morgan fingerprint density at radius 1 is 0.918 bits per heavy atom. The first-order valence-corrected chi connectivity index (χ1v) is 17.7. The average molecular weight is 683 g/mol. The van der Waals surface area contributed by atoms with Gasteiger partial charge < -0.3 is 24.6 Å². The van der Waals surface area contributed by atoms with Crippen molar-refractivity contribution in [3.8, 4) is 0 Å². The first-order valence-electron chi connectivity index (χ1n) is 17.7. The number of ketones is 1. The van der Waals surface area contributed by atoms with Crippen molar-refractivity contribution in [2.24, 2.45) is 5.92 Å². The van der Waals surface area contributed by atoms with Crippen molar-refractivity contribution in [3.05, 3.63) is 35.9 Å². The summed E-state index contributed by atoms with van der Waals surface area (Å²) >= 11 is 0. The molecule has 1 aromatic rings. The molecule has 3 aliphatic rings. The Bertz CT molecular complexity index is 1360. The maximum Gasteiger partial charge on any atom is 0.410 e. The van der Waals surface area contributed by atoms with Crippen molar-refractivity contribution in [2.45, 2.75) is 134 Å². The minimum atomic E-state index is -1.24. The summed E-state index contributed by atoms with van der Waals surface area (Å²) in [7, 11) is 3.10. The maximum absolute atomic E-state index is 14.5. The standard InChI is InChI=1S/C37H54N4O8/c1-25(42)29(23-30(43)49-36(2,3)4)39(5)33(45)31(27-17-10-11-18-27)40(6)34(46)37(20-12-13-21-37)38-32(44)28-19-14-22-41(28)35(47)48-24-26-15-8-7-9-16-26/h7-9,15-16,27-29,31H,10-14,17-24H2,1-6H3,(H,38,44)/t28-,29-,31-/m0/s1. The third-order valence-electron chi connectivity index (χ3n) is 10.1. The monoisotopic (exact) mass is 682 g/mol. The van der Waals surface area contributed by atoms with Crippen LogP contribution in [0.1, 0.15) is 104 Å². The van der Waals surface area contributed by atoms with E-state index in [1.54, 1.807) is 27.8 Å². The molecule has 49 heavy (non-hydrogen) atoms. The average Bonchev–Trinajstić information content (AvgIpc) is 3.84. The molecule has 0 bridgehead atoms. The van der Waals surface area contributed by atoms with Crippen molar-refractivity contribution in [2.75, 3.05) is 20.6 Å². The molecule has 3 atom stereocenters. The van der Waals surface area contributed by atoms with Crippen LogP contribution in [-0.4, -0.2) is 100 Å². The number of rotatable bonds is 12. The predicted molar refractivity (Wildman–Crippen MR) is 182 cm³/mol. The van der Waals surface area contributed by atoms with E-state index < -0.39 is 53.1 Å². The van der Waals surface area contributed by atoms with Gasteiger partial charge in [0.05, 0.1) is 6.42 Å². The normalized spacial score (nSPS) is 20.3. The SMILES string of the molecule is CC(=O)[C@H](CC(=O)OC(C)(C)C)N(C)C(=O)[C@H](C1CCCC1)N(C)C(=O)C1(NC(=O)[C@@H]2CCCN2C(=O)OCc2ccccc2)CCCC1. The number of esters is 1. The summed E-state index contributed by atoms with van der Waals surface area (Å²) in [6.07, 6.45) is 5.75. The molecule has 3 fully saturated rings. The van der Waals surface area contributed by atoms with E-state index >= 15 is 0 Å². The molecule has 2 aliphatic carbocycles. The van der Waals surface area contributed by atoms with E-state index in [1.165, 1.54) is 28.7 Å². The largest absolute Gasteiger partial charge is 0.460 e. The number of carbonyl (C=O) groups is 6. The Labute approximate surface area is 290 Å². The van der Waals surface area contributed by atoms with Crippen molar-refractivity contribution in [1.82, 2.24) is 20.0 Å². The second kappa shape index (κ2) is 16.2. The Balaban J connectivity index is 1.51. The lowest BCUT2D eigenvalue weighted by molar-refractivity contribution is -0.160. The van der Waals surface area contributed by atoms with Gasteiger partial charge in [-0.05, 0) is 77.7 Å². The topological polar surface area (TPSA) is 143 Å². The molecule has 0 radical (unpaired) electrons. The molecular formula is C37H54N4O8. The predicted octanol–water partition coefficient (Wildman–Crippen LogP) is 4.38. The van der Waals surface area contributed by atoms with Gasteiger partial charge in [-0.3, -0.25) is 28.9 Å². The third-order valence-corrected chi connectivity index (χ3v) is 10.1. The van der Waals surface area contributed by atoms with Crippen molar-refractivity contribution in [3.63, 3.8) is 0 Å². The first-order chi connectivity index (χ1) is 23.1. The van der Waals surface area contributed by atoms with Crippen LogP contribution in [0.4, 0.5) is 4.79 Å². The number of carbonyl (C=O) groups excluding carboxylic acids is 6. The number of benzene rings is 1. The third kappa shape index (κ3) is 9.39. The van der Waals surface area contributed by atoms with Gasteiger partial charge in [0.2, 0.25) is 17.7 Å². The number of likely N-dealkylation sites (N-methyl/N-ethyl adjacent to an activating group) is 2. The second-order valence-corrected chi connectivity index (χ2v) is 14.9. The number of amides is 4. The highest BCUT2D eigenvalue weighted by Gasteiger charge is 2.50. The fraction of sp³-hybridized carbons (Fsp3) is 0.676. The lowest BCUT2D eigenvalue weighted by Gasteiger charge is -2.41. The first kappa shape index (κ1) is 37.9. The summed E-state index contributed by atoms with van der Waals surface area (Å²) in [4.78, 5) is 85.4. The van der Waals surface area contributed by atoms with Crippen molar-refractivity contribution >= 4 is 35.6 Å². The molecule has 270 valence electrons. The smallest absolute Gasteiger partial charge is 0.410 e. The fourth-order valence-corrected chi connectivity index (χ4v) is 7.63. The van der Waals surface area contributed by atoms with Gasteiger partial charge in [0.1, 0.15) is 35.9 Å². The lowest BCUT2D eigenvalue weighted by atomic mass is 9.90. The molecule has 4 amide bonds. The number of hydrogen-bond donors (Lipinski definition) is 1. The van der Waals surface area contributed by atoms with Gasteiger partial charge in [0.15, 0.2) is 5.78 Å². The zero-order chi connectivity index (χ0) is 35.9. The molecule has 2 saturated carbocycles. The Kier molecular flexibility index (Phi) is 12.5. The summed E-state index contributed by atoms with van der Waals surface area (Å²) < 4.78 is 11.0. The molecule has 1 aromatic carbocycles. The van der Waals surface area contributed by atoms with Crippen LogP contribution < -0.4 is 5.32 Å². The Morgan fingerprint density at radius 2 is 1.55 bits per heavy atom. The van der Waals surface area contributed by atoms with E-state index in [4.69, 9.17) is 9.47 Å². The number of hydrogen-bond acceptors (Lipinski definition) is 8. The zero-order valence-electron chi connectivity index (χ0n) is 30.0. The van der Waals surface area contributed by atoms with E-state index in [9.17, 15) is 28.8 Å². The van der Waals surface area contributed by atoms with E-state index in [0.717, 1.165) is 44.1 Å². The number of Topliss-reactive ketones (excluding diaryl/α,β-unsaturated/α-hetero) is 1. The van der Waals surface area contributed by atoms with Crippen LogP contribution in [0.15, 0.2) is 30.3 Å². The van der Waals surface area contributed by atoms with Gasteiger partial charge in [0, 0.05) is 20.6 Å². The molecule has 1 N–H and O–H groups in total. The summed E-state index contributed by atoms with van der Waals surface area (Å²) in [6.45, 7) is 7.00. The Hall–Kier alpha value is -3.96. The van der Waals surface area contributed by atoms with Crippen molar-refractivity contribution < 1.29 is 38.2 Å². The summed E-state index contributed by atoms with van der Waals surface area (Å²) in [6, 6.07) is 6.60. The van der Waals surface area contributed by atoms with Gasteiger partial charge in [-0.1, -0.05) is 56.0 Å². The van der Waals surface area contributed by atoms with Gasteiger partial charge in [-0.25, -0.2) is 4.79 Å². The highest BCUT2D eigenvalue weighted by Crippen LogP contribution is 2.36. The summed E-state index contributed by atoms with van der Waals surface area (Å²) in [5.74, 6) is -2.28. The van der Waals surface area contributed by atoms with Crippen LogP contribution in [0.5, 0.6) is 0 Å². The highest BCUT2D eigenvalue weighted by atomic mass is 16.6. The number of nitrogens with zero attached hydrogens (tertiary/aromatic N) is 3. The van der Waals surface area contributed by atoms with Crippen LogP contribution >= 0.6 is 0 Å². The van der Waals surface area contributed by atoms with Crippen LogP contribution in [0.25, 0.3) is 0 Å². The minimum absolute atomic E-state index is 0.0883.